The van der Waals surface area contributed by atoms with Crippen molar-refractivity contribution in [2.24, 2.45) is 5.92 Å². The minimum absolute atomic E-state index is 0.0160. The monoisotopic (exact) mass is 527 g/mol. The van der Waals surface area contributed by atoms with Crippen LogP contribution in [0.5, 0.6) is 0 Å². The summed E-state index contributed by atoms with van der Waals surface area (Å²) in [6, 6.07) is 5.60. The van der Waals surface area contributed by atoms with Gasteiger partial charge in [0, 0.05) is 44.0 Å². The Balaban J connectivity index is 1.45. The van der Waals surface area contributed by atoms with Crippen molar-refractivity contribution in [2.75, 3.05) is 50.8 Å². The average molecular weight is 528 g/mol. The highest BCUT2D eigenvalue weighted by Gasteiger charge is 2.53. The largest absolute Gasteiger partial charge is 0.372 e. The minimum atomic E-state index is -0.757. The quantitative estimate of drug-likeness (QED) is 0.494. The Bertz CT molecular complexity index is 1020. The number of ketones is 1. The van der Waals surface area contributed by atoms with Crippen LogP contribution in [0.25, 0.3) is 0 Å². The van der Waals surface area contributed by atoms with E-state index in [-0.39, 0.29) is 42.0 Å². The first-order valence-electron chi connectivity index (χ1n) is 13.9. The maximum absolute atomic E-state index is 13.7. The third-order valence-electron chi connectivity index (χ3n) is 7.76. The highest BCUT2D eigenvalue weighted by molar-refractivity contribution is 6.01. The number of ether oxygens (including phenoxy) is 1. The molecule has 3 heterocycles. The number of benzene rings is 1. The Hall–Kier alpha value is -2.98. The zero-order valence-electron chi connectivity index (χ0n) is 22.9. The third-order valence-corrected chi connectivity index (χ3v) is 7.76. The van der Waals surface area contributed by atoms with Crippen molar-refractivity contribution >= 4 is 29.2 Å². The first-order chi connectivity index (χ1) is 18.2. The molecule has 208 valence electrons. The number of hydrogen-bond donors (Lipinski definition) is 2. The molecule has 0 aromatic heterocycles. The molecule has 10 nitrogen and oxygen atoms in total. The van der Waals surface area contributed by atoms with Gasteiger partial charge in [-0.3, -0.25) is 19.2 Å². The lowest BCUT2D eigenvalue weighted by Crippen LogP contribution is -2.53. The van der Waals surface area contributed by atoms with E-state index in [0.29, 0.717) is 44.6 Å². The molecule has 38 heavy (non-hydrogen) atoms. The summed E-state index contributed by atoms with van der Waals surface area (Å²) in [5, 5.41) is 6.09. The third kappa shape index (κ3) is 5.86. The number of fused-ring (bicyclic) bond motifs is 1. The zero-order chi connectivity index (χ0) is 27.4. The fraction of sp³-hybridized carbons (Fsp3) is 0.643. The van der Waals surface area contributed by atoms with Crippen LogP contribution in [-0.4, -0.2) is 103 Å². The summed E-state index contributed by atoms with van der Waals surface area (Å²) < 4.78 is 5.62. The summed E-state index contributed by atoms with van der Waals surface area (Å²) in [6.07, 6.45) is 0.374. The lowest BCUT2D eigenvalue weighted by molar-refractivity contribution is -0.146. The van der Waals surface area contributed by atoms with E-state index in [0.717, 1.165) is 18.8 Å². The minimum Gasteiger partial charge on any atom is -0.372 e. The normalized spacial score (nSPS) is 23.9. The molecule has 0 spiro atoms. The van der Waals surface area contributed by atoms with Crippen LogP contribution in [0.15, 0.2) is 24.3 Å². The van der Waals surface area contributed by atoms with Gasteiger partial charge in [-0.25, -0.2) is 0 Å². The summed E-state index contributed by atoms with van der Waals surface area (Å²) >= 11 is 0. The fourth-order valence-electron chi connectivity index (χ4n) is 5.81. The van der Waals surface area contributed by atoms with E-state index in [1.165, 1.54) is 0 Å². The van der Waals surface area contributed by atoms with Gasteiger partial charge in [0.1, 0.15) is 18.2 Å². The number of amides is 3. The van der Waals surface area contributed by atoms with Gasteiger partial charge in [-0.2, -0.15) is 0 Å². The molecule has 0 aliphatic carbocycles. The maximum Gasteiger partial charge on any atom is 0.253 e. The predicted molar refractivity (Wildman–Crippen MR) is 144 cm³/mol. The number of hydrogen-bond acceptors (Lipinski definition) is 7. The van der Waals surface area contributed by atoms with Crippen molar-refractivity contribution in [1.82, 2.24) is 20.4 Å². The highest BCUT2D eigenvalue weighted by atomic mass is 16.5. The number of rotatable bonds is 9. The average Bonchev–Trinajstić information content (AvgIpc) is 3.50. The molecule has 0 bridgehead atoms. The van der Waals surface area contributed by atoms with E-state index < -0.39 is 18.2 Å². The van der Waals surface area contributed by atoms with Gasteiger partial charge in [0.25, 0.3) is 11.8 Å². The molecule has 4 atom stereocenters. The van der Waals surface area contributed by atoms with Crippen LogP contribution in [0, 0.1) is 5.92 Å². The number of likely N-dealkylation sites (tertiary alicyclic amines) is 2. The van der Waals surface area contributed by atoms with Crippen molar-refractivity contribution in [3.05, 3.63) is 29.8 Å². The molecule has 4 unspecified atom stereocenters. The Morgan fingerprint density at radius 2 is 1.84 bits per heavy atom. The molecular weight excluding hydrogens is 486 g/mol. The first kappa shape index (κ1) is 28.0. The molecule has 3 amide bonds. The standard InChI is InChI=1S/C28H41N5O5/c1-5-31(6-2)20-9-7-19(8-10-20)26(35)30-21(15-18(3)4)27(36)32-13-11-22-25(32)23(34)17-33(22)28(37)24-16-29-12-14-38-24/h7-10,18,21-22,24-25,29H,5-6,11-17H2,1-4H3,(H,30,35). The van der Waals surface area contributed by atoms with E-state index in [1.54, 1.807) is 21.9 Å². The SMILES string of the molecule is CCN(CC)c1ccc(C(=O)NC(CC(C)C)C(=O)N2CCC3C2C(=O)CN3C(=O)C2CNCCO2)cc1. The molecule has 3 aliphatic heterocycles. The van der Waals surface area contributed by atoms with Gasteiger partial charge in [0.15, 0.2) is 5.78 Å². The van der Waals surface area contributed by atoms with E-state index in [1.807, 2.05) is 26.0 Å². The van der Waals surface area contributed by atoms with E-state index in [2.05, 4.69) is 29.4 Å². The Kier molecular flexibility index (Phi) is 9.04. The molecule has 0 saturated carbocycles. The van der Waals surface area contributed by atoms with Gasteiger partial charge in [-0.1, -0.05) is 13.8 Å². The van der Waals surface area contributed by atoms with Gasteiger partial charge < -0.3 is 30.1 Å². The maximum atomic E-state index is 13.7. The summed E-state index contributed by atoms with van der Waals surface area (Å²) in [5.41, 5.74) is 1.52. The highest BCUT2D eigenvalue weighted by Crippen LogP contribution is 2.31. The zero-order valence-corrected chi connectivity index (χ0v) is 22.9. The second-order valence-corrected chi connectivity index (χ2v) is 10.7. The van der Waals surface area contributed by atoms with Crippen LogP contribution in [0.3, 0.4) is 0 Å². The van der Waals surface area contributed by atoms with Crippen molar-refractivity contribution in [3.8, 4) is 0 Å². The molecule has 3 saturated heterocycles. The predicted octanol–water partition coefficient (Wildman–Crippen LogP) is 1.05. The summed E-state index contributed by atoms with van der Waals surface area (Å²) in [4.78, 5) is 58.4. The van der Waals surface area contributed by atoms with Crippen molar-refractivity contribution in [2.45, 2.75) is 64.8 Å². The molecule has 3 fully saturated rings. The van der Waals surface area contributed by atoms with E-state index in [9.17, 15) is 19.2 Å². The second-order valence-electron chi connectivity index (χ2n) is 10.7. The smallest absolute Gasteiger partial charge is 0.253 e. The Morgan fingerprint density at radius 1 is 1.13 bits per heavy atom. The van der Waals surface area contributed by atoms with Crippen LogP contribution in [-0.2, 0) is 19.1 Å². The first-order valence-corrected chi connectivity index (χ1v) is 13.9. The van der Waals surface area contributed by atoms with Crippen LogP contribution >= 0.6 is 0 Å². The Labute approximate surface area is 225 Å². The lowest BCUT2D eigenvalue weighted by atomic mass is 10.0. The van der Waals surface area contributed by atoms with Gasteiger partial charge in [0.05, 0.1) is 19.2 Å². The molecular formula is C28H41N5O5. The molecule has 10 heteroatoms. The number of anilines is 1. The molecule has 1 aromatic carbocycles. The number of morpholine rings is 1. The van der Waals surface area contributed by atoms with Gasteiger partial charge >= 0.3 is 0 Å². The lowest BCUT2D eigenvalue weighted by Gasteiger charge is -2.30. The van der Waals surface area contributed by atoms with Gasteiger partial charge in [0.2, 0.25) is 5.91 Å². The van der Waals surface area contributed by atoms with Crippen molar-refractivity contribution in [1.29, 1.82) is 0 Å². The molecule has 4 rings (SSSR count). The van der Waals surface area contributed by atoms with Crippen LogP contribution in [0.2, 0.25) is 0 Å². The summed E-state index contributed by atoms with van der Waals surface area (Å²) in [5.74, 6) is -0.770. The molecule has 3 aliphatic rings. The van der Waals surface area contributed by atoms with Crippen molar-refractivity contribution in [3.63, 3.8) is 0 Å². The van der Waals surface area contributed by atoms with Crippen LogP contribution in [0.4, 0.5) is 5.69 Å². The van der Waals surface area contributed by atoms with Crippen LogP contribution in [0.1, 0.15) is 50.9 Å². The topological polar surface area (TPSA) is 111 Å². The molecule has 2 N–H and O–H groups in total. The number of Topliss-reactive ketones (excluding diaryl/α,β-unsaturated/α-hetero) is 1. The molecule has 0 radical (unpaired) electrons. The van der Waals surface area contributed by atoms with Crippen molar-refractivity contribution < 1.29 is 23.9 Å². The number of carbonyl (C=O) groups is 4. The summed E-state index contributed by atoms with van der Waals surface area (Å²) in [6.45, 7) is 11.8. The number of nitrogens with zero attached hydrogens (tertiary/aromatic N) is 3. The van der Waals surface area contributed by atoms with Gasteiger partial charge in [-0.15, -0.1) is 0 Å². The summed E-state index contributed by atoms with van der Waals surface area (Å²) in [7, 11) is 0. The van der Waals surface area contributed by atoms with Gasteiger partial charge in [-0.05, 0) is 56.9 Å². The fourth-order valence-corrected chi connectivity index (χ4v) is 5.81. The second kappa shape index (κ2) is 12.3. The number of nitrogens with one attached hydrogen (secondary N) is 2. The van der Waals surface area contributed by atoms with E-state index >= 15 is 0 Å². The number of carbonyl (C=O) groups excluding carboxylic acids is 4. The van der Waals surface area contributed by atoms with E-state index in [4.69, 9.17) is 4.74 Å². The molecule has 1 aromatic rings. The Morgan fingerprint density at radius 3 is 2.45 bits per heavy atom. The van der Waals surface area contributed by atoms with Crippen LogP contribution < -0.4 is 15.5 Å².